The first-order chi connectivity index (χ1) is 7.35. The second kappa shape index (κ2) is 4.68. The Labute approximate surface area is 96.7 Å². The fourth-order valence-electron chi connectivity index (χ4n) is 1.54. The molecule has 1 saturated carbocycles. The van der Waals surface area contributed by atoms with Crippen molar-refractivity contribution in [2.75, 3.05) is 0 Å². The van der Waals surface area contributed by atoms with Crippen LogP contribution in [0, 0.1) is 5.41 Å². The molecule has 0 aromatic rings. The summed E-state index contributed by atoms with van der Waals surface area (Å²) in [5.41, 5.74) is 4.52. The lowest BCUT2D eigenvalue weighted by atomic mass is 9.93. The molecule has 0 unspecified atom stereocenters. The Hall–Kier alpha value is -0.660. The zero-order valence-electron chi connectivity index (χ0n) is 9.71. The molecular weight excluding hydrogens is 228 g/mol. The smallest absolute Gasteiger partial charge is 0.278 e. The van der Waals surface area contributed by atoms with E-state index in [1.54, 1.807) is 0 Å². The van der Waals surface area contributed by atoms with Gasteiger partial charge in [0.05, 0.1) is 5.54 Å². The molecule has 6 nitrogen and oxygen atoms in total. The average molecular weight is 248 g/mol. The van der Waals surface area contributed by atoms with Crippen molar-refractivity contribution in [1.29, 1.82) is 5.41 Å². The molecule has 16 heavy (non-hydrogen) atoms. The second-order valence-electron chi connectivity index (χ2n) is 4.20. The van der Waals surface area contributed by atoms with Gasteiger partial charge in [-0.2, -0.15) is 17.9 Å². The molecule has 0 aromatic heterocycles. The van der Waals surface area contributed by atoms with Crippen molar-refractivity contribution in [1.82, 2.24) is 9.44 Å². The van der Waals surface area contributed by atoms with Crippen molar-refractivity contribution >= 4 is 16.0 Å². The van der Waals surface area contributed by atoms with Crippen molar-refractivity contribution in [3.8, 4) is 0 Å². The van der Waals surface area contributed by atoms with Crippen LogP contribution in [0.4, 0.5) is 0 Å². The topological polar surface area (TPSA) is 108 Å². The highest BCUT2D eigenvalue weighted by Crippen LogP contribution is 2.21. The minimum Gasteiger partial charge on any atom is -0.386 e. The zero-order chi connectivity index (χ0) is 12.4. The molecule has 0 radical (unpaired) electrons. The molecule has 7 heteroatoms. The molecule has 0 saturated heterocycles. The quantitative estimate of drug-likeness (QED) is 0.378. The molecule has 0 amide bonds. The van der Waals surface area contributed by atoms with Crippen LogP contribution < -0.4 is 15.2 Å². The summed E-state index contributed by atoms with van der Waals surface area (Å²) in [6.45, 7) is 3.62. The van der Waals surface area contributed by atoms with Crippen LogP contribution in [0.1, 0.15) is 39.5 Å². The molecular formula is C9H20N4O2S. The third-order valence-electron chi connectivity index (χ3n) is 2.95. The Bertz CT molecular complexity index is 358. The molecule has 0 atom stereocenters. The lowest BCUT2D eigenvalue weighted by Gasteiger charge is -2.31. The fraction of sp³-hybridized carbons (Fsp3) is 0.889. The summed E-state index contributed by atoms with van der Waals surface area (Å²) in [4.78, 5) is 0. The van der Waals surface area contributed by atoms with E-state index in [0.29, 0.717) is 12.8 Å². The van der Waals surface area contributed by atoms with Crippen molar-refractivity contribution in [3.05, 3.63) is 0 Å². The van der Waals surface area contributed by atoms with Gasteiger partial charge in [-0.05, 0) is 25.7 Å². The number of nitrogens with two attached hydrogens (primary N) is 1. The molecule has 0 aliphatic heterocycles. The van der Waals surface area contributed by atoms with E-state index in [1.807, 2.05) is 13.8 Å². The first-order valence-electron chi connectivity index (χ1n) is 5.51. The van der Waals surface area contributed by atoms with Crippen LogP contribution in [0.5, 0.6) is 0 Å². The minimum atomic E-state index is -3.57. The summed E-state index contributed by atoms with van der Waals surface area (Å²) in [5.74, 6) is -0.140. The van der Waals surface area contributed by atoms with E-state index in [2.05, 4.69) is 9.44 Å². The van der Waals surface area contributed by atoms with Crippen LogP contribution in [0.3, 0.4) is 0 Å². The molecule has 0 bridgehead atoms. The first kappa shape index (κ1) is 13.4. The van der Waals surface area contributed by atoms with Crippen molar-refractivity contribution in [3.63, 3.8) is 0 Å². The van der Waals surface area contributed by atoms with E-state index in [4.69, 9.17) is 11.1 Å². The zero-order valence-corrected chi connectivity index (χ0v) is 10.5. The van der Waals surface area contributed by atoms with Gasteiger partial charge in [-0.3, -0.25) is 5.41 Å². The summed E-state index contributed by atoms with van der Waals surface area (Å²) >= 11 is 0. The van der Waals surface area contributed by atoms with Gasteiger partial charge in [0.1, 0.15) is 5.84 Å². The molecule has 5 N–H and O–H groups in total. The highest BCUT2D eigenvalue weighted by Gasteiger charge is 2.36. The Balaban J connectivity index is 2.77. The van der Waals surface area contributed by atoms with Crippen LogP contribution in [0.25, 0.3) is 0 Å². The third-order valence-corrected chi connectivity index (χ3v) is 4.25. The van der Waals surface area contributed by atoms with Crippen molar-refractivity contribution in [2.24, 2.45) is 5.73 Å². The van der Waals surface area contributed by atoms with Crippen LogP contribution in [-0.2, 0) is 10.2 Å². The van der Waals surface area contributed by atoms with Crippen molar-refractivity contribution < 1.29 is 8.42 Å². The Kier molecular flexibility index (Phi) is 3.92. The van der Waals surface area contributed by atoms with E-state index in [1.165, 1.54) is 0 Å². The van der Waals surface area contributed by atoms with Gasteiger partial charge in [-0.1, -0.05) is 13.8 Å². The molecule has 1 aliphatic carbocycles. The van der Waals surface area contributed by atoms with Crippen molar-refractivity contribution in [2.45, 2.75) is 51.1 Å². The highest BCUT2D eigenvalue weighted by atomic mass is 32.2. The largest absolute Gasteiger partial charge is 0.386 e. The Morgan fingerprint density at radius 2 is 1.94 bits per heavy atom. The van der Waals surface area contributed by atoms with Crippen LogP contribution in [0.2, 0.25) is 0 Å². The van der Waals surface area contributed by atoms with Gasteiger partial charge in [-0.15, -0.1) is 0 Å². The molecule has 1 aliphatic rings. The lowest BCUT2D eigenvalue weighted by Crippen LogP contribution is -2.59. The summed E-state index contributed by atoms with van der Waals surface area (Å²) < 4.78 is 28.5. The standard InChI is InChI=1S/C9H20N4O2S/c1-3-9(4-2,8(10)11)13-16(14,15)12-7-5-6-7/h7,12-13H,3-6H2,1-2H3,(H3,10,11). The summed E-state index contributed by atoms with van der Waals surface area (Å²) in [6.07, 6.45) is 2.69. The monoisotopic (exact) mass is 248 g/mol. The predicted octanol–water partition coefficient (Wildman–Crippen LogP) is 0.0676. The SMILES string of the molecule is CCC(CC)(NS(=O)(=O)NC1CC1)C(=N)N. The fourth-order valence-corrected chi connectivity index (χ4v) is 3.18. The number of hydrogen-bond donors (Lipinski definition) is 4. The second-order valence-corrected chi connectivity index (χ2v) is 5.65. The van der Waals surface area contributed by atoms with Crippen LogP contribution in [0.15, 0.2) is 0 Å². The maximum absolute atomic E-state index is 11.7. The maximum atomic E-state index is 11.7. The van der Waals surface area contributed by atoms with Gasteiger partial charge < -0.3 is 5.73 Å². The normalized spacial score (nSPS) is 17.4. The van der Waals surface area contributed by atoms with Crippen LogP contribution >= 0.6 is 0 Å². The number of amidine groups is 1. The highest BCUT2D eigenvalue weighted by molar-refractivity contribution is 7.87. The number of rotatable bonds is 7. The van der Waals surface area contributed by atoms with E-state index in [-0.39, 0.29) is 11.9 Å². The minimum absolute atomic E-state index is 0.0517. The molecule has 0 aromatic carbocycles. The lowest BCUT2D eigenvalue weighted by molar-refractivity contribution is 0.453. The van der Waals surface area contributed by atoms with Gasteiger partial charge in [0, 0.05) is 6.04 Å². The molecule has 0 spiro atoms. The van der Waals surface area contributed by atoms with Gasteiger partial charge in [-0.25, -0.2) is 0 Å². The molecule has 1 fully saturated rings. The number of hydrogen-bond acceptors (Lipinski definition) is 3. The van der Waals surface area contributed by atoms with E-state index >= 15 is 0 Å². The van der Waals surface area contributed by atoms with Gasteiger partial charge >= 0.3 is 0 Å². The maximum Gasteiger partial charge on any atom is 0.278 e. The summed E-state index contributed by atoms with van der Waals surface area (Å²) in [7, 11) is -3.57. The third kappa shape index (κ3) is 3.16. The first-order valence-corrected chi connectivity index (χ1v) is 6.99. The van der Waals surface area contributed by atoms with E-state index in [9.17, 15) is 8.42 Å². The van der Waals surface area contributed by atoms with E-state index in [0.717, 1.165) is 12.8 Å². The van der Waals surface area contributed by atoms with Gasteiger partial charge in [0.25, 0.3) is 10.2 Å². The summed E-state index contributed by atoms with van der Waals surface area (Å²) in [6, 6.07) is 0.0517. The molecule has 1 rings (SSSR count). The molecule has 94 valence electrons. The molecule has 0 heterocycles. The number of nitrogens with one attached hydrogen (secondary N) is 3. The summed E-state index contributed by atoms with van der Waals surface area (Å²) in [5, 5.41) is 7.50. The van der Waals surface area contributed by atoms with Gasteiger partial charge in [0.15, 0.2) is 0 Å². The predicted molar refractivity (Wildman–Crippen MR) is 63.4 cm³/mol. The average Bonchev–Trinajstić information content (AvgIpc) is 2.97. The van der Waals surface area contributed by atoms with E-state index < -0.39 is 15.7 Å². The van der Waals surface area contributed by atoms with Gasteiger partial charge in [0.2, 0.25) is 0 Å². The van der Waals surface area contributed by atoms with Crippen LogP contribution in [-0.4, -0.2) is 25.8 Å². The Morgan fingerprint density at radius 3 is 2.25 bits per heavy atom. The Morgan fingerprint density at radius 1 is 1.44 bits per heavy atom.